The predicted octanol–water partition coefficient (Wildman–Crippen LogP) is 3.75. The molecule has 0 atom stereocenters. The van der Waals surface area contributed by atoms with Gasteiger partial charge in [0, 0.05) is 8.95 Å². The lowest BCUT2D eigenvalue weighted by molar-refractivity contribution is 0.965. The number of rotatable bonds is 1. The Kier molecular flexibility index (Phi) is 3.13. The maximum Gasteiger partial charge on any atom is 0.229 e. The number of hydrogen-bond donors (Lipinski definition) is 0. The molecule has 0 radical (unpaired) electrons. The SMILES string of the molecule is Cc1nnc(Cl)n1-c1ccc(Br)cc1Br. The summed E-state index contributed by atoms with van der Waals surface area (Å²) in [5.74, 6) is 0.753. The van der Waals surface area contributed by atoms with Gasteiger partial charge in [0.05, 0.1) is 5.69 Å². The van der Waals surface area contributed by atoms with Gasteiger partial charge >= 0.3 is 0 Å². The van der Waals surface area contributed by atoms with Crippen LogP contribution in [-0.4, -0.2) is 14.8 Å². The van der Waals surface area contributed by atoms with Crippen LogP contribution in [0.2, 0.25) is 5.28 Å². The molecular weight excluding hydrogens is 345 g/mol. The molecule has 6 heteroatoms. The fourth-order valence-corrected chi connectivity index (χ4v) is 2.75. The van der Waals surface area contributed by atoms with Crippen molar-refractivity contribution in [3.63, 3.8) is 0 Å². The molecule has 0 spiro atoms. The second-order valence-corrected chi connectivity index (χ2v) is 5.06. The summed E-state index contributed by atoms with van der Waals surface area (Å²) in [5, 5.41) is 8.06. The van der Waals surface area contributed by atoms with Crippen molar-refractivity contribution in [1.82, 2.24) is 14.8 Å². The first kappa shape index (κ1) is 11.1. The molecular formula is C9H6Br2ClN3. The molecule has 0 saturated carbocycles. The van der Waals surface area contributed by atoms with Crippen LogP contribution in [-0.2, 0) is 0 Å². The van der Waals surface area contributed by atoms with E-state index < -0.39 is 0 Å². The number of hydrogen-bond acceptors (Lipinski definition) is 2. The van der Waals surface area contributed by atoms with E-state index in [1.54, 1.807) is 4.57 Å². The molecule has 2 aromatic rings. The quantitative estimate of drug-likeness (QED) is 0.783. The highest BCUT2D eigenvalue weighted by molar-refractivity contribution is 9.11. The first-order valence-corrected chi connectivity index (χ1v) is 6.09. The van der Waals surface area contributed by atoms with E-state index in [0.29, 0.717) is 5.28 Å². The van der Waals surface area contributed by atoms with Crippen molar-refractivity contribution in [2.75, 3.05) is 0 Å². The lowest BCUT2D eigenvalue weighted by Gasteiger charge is -2.07. The van der Waals surface area contributed by atoms with E-state index in [-0.39, 0.29) is 0 Å². The van der Waals surface area contributed by atoms with Crippen molar-refractivity contribution in [3.8, 4) is 5.69 Å². The molecule has 1 aromatic heterocycles. The van der Waals surface area contributed by atoms with Crippen LogP contribution in [0.3, 0.4) is 0 Å². The largest absolute Gasteiger partial charge is 0.269 e. The van der Waals surface area contributed by atoms with Gasteiger partial charge in [0.25, 0.3) is 0 Å². The predicted molar refractivity (Wildman–Crippen MR) is 66.5 cm³/mol. The summed E-state index contributed by atoms with van der Waals surface area (Å²) in [5.41, 5.74) is 0.922. The normalized spacial score (nSPS) is 10.7. The molecule has 0 saturated heterocycles. The van der Waals surface area contributed by atoms with Crippen molar-refractivity contribution in [2.24, 2.45) is 0 Å². The summed E-state index contributed by atoms with van der Waals surface area (Å²) in [7, 11) is 0. The zero-order valence-corrected chi connectivity index (χ0v) is 11.6. The van der Waals surface area contributed by atoms with Crippen molar-refractivity contribution in [2.45, 2.75) is 6.92 Å². The number of halogens is 3. The number of benzene rings is 1. The first-order valence-electron chi connectivity index (χ1n) is 4.12. The number of aromatic nitrogens is 3. The molecule has 0 aliphatic heterocycles. The van der Waals surface area contributed by atoms with Crippen LogP contribution in [0.1, 0.15) is 5.82 Å². The topological polar surface area (TPSA) is 30.7 Å². The van der Waals surface area contributed by atoms with Gasteiger partial charge in [-0.2, -0.15) is 0 Å². The van der Waals surface area contributed by atoms with E-state index >= 15 is 0 Å². The molecule has 15 heavy (non-hydrogen) atoms. The molecule has 3 nitrogen and oxygen atoms in total. The van der Waals surface area contributed by atoms with Crippen LogP contribution >= 0.6 is 43.5 Å². The Morgan fingerprint density at radius 1 is 1.27 bits per heavy atom. The Balaban J connectivity index is 2.64. The first-order chi connectivity index (χ1) is 7.09. The standard InChI is InChI=1S/C9H6Br2ClN3/c1-5-13-14-9(12)15(5)8-3-2-6(10)4-7(8)11/h2-4H,1H3. The van der Waals surface area contributed by atoms with Crippen LogP contribution in [0.4, 0.5) is 0 Å². The van der Waals surface area contributed by atoms with E-state index in [2.05, 4.69) is 42.1 Å². The minimum absolute atomic E-state index is 0.357. The molecule has 1 aromatic carbocycles. The fourth-order valence-electron chi connectivity index (χ4n) is 1.27. The Hall–Kier alpha value is -0.390. The minimum Gasteiger partial charge on any atom is -0.269 e. The van der Waals surface area contributed by atoms with Gasteiger partial charge in [0.1, 0.15) is 5.82 Å². The Morgan fingerprint density at radius 2 is 2.00 bits per heavy atom. The molecule has 0 aliphatic rings. The van der Waals surface area contributed by atoms with Gasteiger partial charge in [-0.3, -0.25) is 4.57 Å². The summed E-state index contributed by atoms with van der Waals surface area (Å²) in [4.78, 5) is 0. The highest BCUT2D eigenvalue weighted by atomic mass is 79.9. The summed E-state index contributed by atoms with van der Waals surface area (Å²) in [6, 6.07) is 5.83. The third kappa shape index (κ3) is 2.09. The summed E-state index contributed by atoms with van der Waals surface area (Å²) in [6.07, 6.45) is 0. The summed E-state index contributed by atoms with van der Waals surface area (Å²) in [6.45, 7) is 1.85. The summed E-state index contributed by atoms with van der Waals surface area (Å²) >= 11 is 12.8. The molecule has 2 rings (SSSR count). The number of aryl methyl sites for hydroxylation is 1. The molecule has 78 valence electrons. The average Bonchev–Trinajstić information content (AvgIpc) is 2.48. The number of nitrogens with zero attached hydrogens (tertiary/aromatic N) is 3. The average molecular weight is 351 g/mol. The van der Waals surface area contributed by atoms with Crippen LogP contribution in [0, 0.1) is 6.92 Å². The smallest absolute Gasteiger partial charge is 0.229 e. The van der Waals surface area contributed by atoms with Crippen LogP contribution in [0.15, 0.2) is 27.1 Å². The van der Waals surface area contributed by atoms with E-state index in [1.165, 1.54) is 0 Å². The maximum atomic E-state index is 5.95. The van der Waals surface area contributed by atoms with Gasteiger partial charge in [-0.05, 0) is 52.7 Å². The minimum atomic E-state index is 0.357. The maximum absolute atomic E-state index is 5.95. The van der Waals surface area contributed by atoms with Crippen LogP contribution in [0.5, 0.6) is 0 Å². The van der Waals surface area contributed by atoms with Crippen molar-refractivity contribution in [3.05, 3.63) is 38.3 Å². The Labute approximate surface area is 109 Å². The molecule has 0 bridgehead atoms. The van der Waals surface area contributed by atoms with E-state index in [9.17, 15) is 0 Å². The molecule has 1 heterocycles. The molecule has 0 aliphatic carbocycles. The van der Waals surface area contributed by atoms with E-state index in [0.717, 1.165) is 20.5 Å². The van der Waals surface area contributed by atoms with Crippen molar-refractivity contribution in [1.29, 1.82) is 0 Å². The van der Waals surface area contributed by atoms with E-state index in [1.807, 2.05) is 25.1 Å². The highest BCUT2D eigenvalue weighted by Crippen LogP contribution is 2.27. The van der Waals surface area contributed by atoms with E-state index in [4.69, 9.17) is 11.6 Å². The third-order valence-corrected chi connectivity index (χ3v) is 3.31. The fraction of sp³-hybridized carbons (Fsp3) is 0.111. The van der Waals surface area contributed by atoms with Crippen LogP contribution < -0.4 is 0 Å². The monoisotopic (exact) mass is 349 g/mol. The van der Waals surface area contributed by atoms with Crippen LogP contribution in [0.25, 0.3) is 5.69 Å². The highest BCUT2D eigenvalue weighted by Gasteiger charge is 2.11. The Bertz CT molecular complexity index is 491. The zero-order chi connectivity index (χ0) is 11.0. The van der Waals surface area contributed by atoms with Gasteiger partial charge in [-0.25, -0.2) is 0 Å². The molecule has 0 N–H and O–H groups in total. The Morgan fingerprint density at radius 3 is 2.53 bits per heavy atom. The second-order valence-electron chi connectivity index (χ2n) is 2.95. The molecule has 0 fully saturated rings. The lowest BCUT2D eigenvalue weighted by atomic mass is 10.3. The van der Waals surface area contributed by atoms with Gasteiger partial charge in [-0.15, -0.1) is 10.2 Å². The van der Waals surface area contributed by atoms with Crippen molar-refractivity contribution < 1.29 is 0 Å². The summed E-state index contributed by atoms with van der Waals surface area (Å²) < 4.78 is 3.71. The lowest BCUT2D eigenvalue weighted by Crippen LogP contribution is -1.98. The second kappa shape index (κ2) is 4.23. The molecule has 0 amide bonds. The third-order valence-electron chi connectivity index (χ3n) is 1.94. The van der Waals surface area contributed by atoms with Gasteiger partial charge < -0.3 is 0 Å². The van der Waals surface area contributed by atoms with Gasteiger partial charge in [0.2, 0.25) is 5.28 Å². The van der Waals surface area contributed by atoms with Gasteiger partial charge in [0.15, 0.2) is 0 Å². The zero-order valence-electron chi connectivity index (χ0n) is 7.71. The van der Waals surface area contributed by atoms with Crippen molar-refractivity contribution >= 4 is 43.5 Å². The molecule has 0 unspecified atom stereocenters. The van der Waals surface area contributed by atoms with Gasteiger partial charge in [-0.1, -0.05) is 15.9 Å².